The van der Waals surface area contributed by atoms with Gasteiger partial charge in [0.15, 0.2) is 0 Å². The number of aliphatic imine (C=N–C) groups is 1. The van der Waals surface area contributed by atoms with Crippen LogP contribution < -0.4 is 5.32 Å². The zero-order valence-corrected chi connectivity index (χ0v) is 19.2. The number of carbonyl (C=O) groups is 1. The SMILES string of the molecule is O=C1CC(c2cccc(-c3nc(CN4CCOCC4)co3)c2)=Nc2ccc(-n3cccc3)cc2N1. The van der Waals surface area contributed by atoms with Crippen molar-refractivity contribution in [2.45, 2.75) is 13.0 Å². The molecule has 2 aromatic heterocycles. The number of anilines is 1. The third-order valence-electron chi connectivity index (χ3n) is 6.22. The number of ether oxygens (including phenoxy) is 1. The molecule has 2 aliphatic heterocycles. The molecule has 8 heteroatoms. The Morgan fingerprint density at radius 2 is 1.80 bits per heavy atom. The van der Waals surface area contributed by atoms with Gasteiger partial charge in [0, 0.05) is 43.3 Å². The van der Waals surface area contributed by atoms with Gasteiger partial charge in [0.05, 0.1) is 42.4 Å². The Morgan fingerprint density at radius 1 is 0.971 bits per heavy atom. The number of benzene rings is 2. The van der Waals surface area contributed by atoms with Gasteiger partial charge in [-0.15, -0.1) is 0 Å². The van der Waals surface area contributed by atoms with Gasteiger partial charge in [0.1, 0.15) is 6.26 Å². The van der Waals surface area contributed by atoms with Crippen LogP contribution in [0.15, 0.2) is 82.7 Å². The standard InChI is InChI=1S/C27H25N5O3/c33-26-16-24(29-23-7-6-22(15-25(23)30-26)32-8-1-2-9-32)19-4-3-5-20(14-19)27-28-21(18-35-27)17-31-10-12-34-13-11-31/h1-9,14-15,18H,10-13,16-17H2,(H,30,33). The van der Waals surface area contributed by atoms with Crippen LogP contribution in [0.2, 0.25) is 0 Å². The lowest BCUT2D eigenvalue weighted by Gasteiger charge is -2.25. The molecule has 1 fully saturated rings. The molecule has 0 saturated carbocycles. The summed E-state index contributed by atoms with van der Waals surface area (Å²) in [5, 5.41) is 3.00. The van der Waals surface area contributed by atoms with Crippen molar-refractivity contribution in [3.8, 4) is 17.1 Å². The summed E-state index contributed by atoms with van der Waals surface area (Å²) < 4.78 is 13.2. The van der Waals surface area contributed by atoms with E-state index in [1.807, 2.05) is 71.6 Å². The van der Waals surface area contributed by atoms with Crippen molar-refractivity contribution in [1.29, 1.82) is 0 Å². The highest BCUT2D eigenvalue weighted by molar-refractivity contribution is 6.17. The molecule has 35 heavy (non-hydrogen) atoms. The zero-order valence-electron chi connectivity index (χ0n) is 19.2. The van der Waals surface area contributed by atoms with E-state index in [0.29, 0.717) is 17.3 Å². The van der Waals surface area contributed by atoms with Crippen molar-refractivity contribution in [3.63, 3.8) is 0 Å². The monoisotopic (exact) mass is 467 g/mol. The van der Waals surface area contributed by atoms with E-state index in [9.17, 15) is 4.79 Å². The van der Waals surface area contributed by atoms with E-state index in [-0.39, 0.29) is 12.3 Å². The van der Waals surface area contributed by atoms with Gasteiger partial charge in [-0.3, -0.25) is 14.7 Å². The molecule has 1 amide bonds. The average molecular weight is 468 g/mol. The molecule has 0 atom stereocenters. The average Bonchev–Trinajstić information content (AvgIpc) is 3.55. The minimum Gasteiger partial charge on any atom is -0.444 e. The summed E-state index contributed by atoms with van der Waals surface area (Å²) in [4.78, 5) is 24.6. The fourth-order valence-corrected chi connectivity index (χ4v) is 4.42. The second-order valence-corrected chi connectivity index (χ2v) is 8.69. The highest BCUT2D eigenvalue weighted by Gasteiger charge is 2.19. The summed E-state index contributed by atoms with van der Waals surface area (Å²) in [5.74, 6) is 0.465. The van der Waals surface area contributed by atoms with Gasteiger partial charge in [-0.25, -0.2) is 4.98 Å². The maximum atomic E-state index is 12.7. The van der Waals surface area contributed by atoms with E-state index in [1.54, 1.807) is 6.26 Å². The molecule has 6 rings (SSSR count). The van der Waals surface area contributed by atoms with E-state index in [4.69, 9.17) is 19.1 Å². The maximum absolute atomic E-state index is 12.7. The van der Waals surface area contributed by atoms with Gasteiger partial charge in [-0.2, -0.15) is 0 Å². The molecular weight excluding hydrogens is 442 g/mol. The molecule has 1 N–H and O–H groups in total. The minimum atomic E-state index is -0.0959. The molecule has 4 heterocycles. The summed E-state index contributed by atoms with van der Waals surface area (Å²) in [7, 11) is 0. The summed E-state index contributed by atoms with van der Waals surface area (Å²) >= 11 is 0. The molecule has 0 unspecified atom stereocenters. The number of morpholine rings is 1. The molecule has 0 bridgehead atoms. The highest BCUT2D eigenvalue weighted by atomic mass is 16.5. The number of aromatic nitrogens is 2. The molecular formula is C27H25N5O3. The topological polar surface area (TPSA) is 84.9 Å². The predicted molar refractivity (Wildman–Crippen MR) is 133 cm³/mol. The first-order chi connectivity index (χ1) is 17.2. The Morgan fingerprint density at radius 3 is 2.66 bits per heavy atom. The smallest absolute Gasteiger partial charge is 0.230 e. The molecule has 2 aliphatic rings. The molecule has 4 aromatic rings. The normalized spacial score (nSPS) is 16.3. The van der Waals surface area contributed by atoms with E-state index < -0.39 is 0 Å². The summed E-state index contributed by atoms with van der Waals surface area (Å²) in [6.45, 7) is 4.03. The number of oxazole rings is 1. The Balaban J connectivity index is 1.27. The molecule has 0 aliphatic carbocycles. The molecule has 176 valence electrons. The van der Waals surface area contributed by atoms with Crippen LogP contribution in [-0.4, -0.2) is 52.4 Å². The largest absolute Gasteiger partial charge is 0.444 e. The number of hydrogen-bond acceptors (Lipinski definition) is 6. The molecule has 2 aromatic carbocycles. The van der Waals surface area contributed by atoms with Gasteiger partial charge >= 0.3 is 0 Å². The lowest BCUT2D eigenvalue weighted by Crippen LogP contribution is -2.35. The van der Waals surface area contributed by atoms with Crippen LogP contribution in [0.25, 0.3) is 17.1 Å². The summed E-state index contributed by atoms with van der Waals surface area (Å²) in [6, 6.07) is 17.7. The van der Waals surface area contributed by atoms with Gasteiger partial charge < -0.3 is 19.0 Å². The van der Waals surface area contributed by atoms with E-state index in [2.05, 4.69) is 10.2 Å². The van der Waals surface area contributed by atoms with Crippen molar-refractivity contribution >= 4 is 23.0 Å². The molecule has 0 radical (unpaired) electrons. The van der Waals surface area contributed by atoms with E-state index in [0.717, 1.165) is 61.0 Å². The number of nitrogens with one attached hydrogen (secondary N) is 1. The van der Waals surface area contributed by atoms with E-state index >= 15 is 0 Å². The first-order valence-corrected chi connectivity index (χ1v) is 11.7. The van der Waals surface area contributed by atoms with Crippen LogP contribution in [0.4, 0.5) is 11.4 Å². The quantitative estimate of drug-likeness (QED) is 0.470. The Bertz CT molecular complexity index is 1380. The van der Waals surface area contributed by atoms with E-state index in [1.165, 1.54) is 0 Å². The lowest BCUT2D eigenvalue weighted by molar-refractivity contribution is -0.115. The minimum absolute atomic E-state index is 0.0959. The number of amides is 1. The van der Waals surface area contributed by atoms with Crippen LogP contribution in [-0.2, 0) is 16.1 Å². The fraction of sp³-hybridized carbons (Fsp3) is 0.222. The first kappa shape index (κ1) is 21.5. The third-order valence-corrected chi connectivity index (χ3v) is 6.22. The number of nitrogens with zero attached hydrogens (tertiary/aromatic N) is 4. The first-order valence-electron chi connectivity index (χ1n) is 11.7. The molecule has 8 nitrogen and oxygen atoms in total. The zero-order chi connectivity index (χ0) is 23.6. The van der Waals surface area contributed by atoms with Crippen LogP contribution >= 0.6 is 0 Å². The van der Waals surface area contributed by atoms with Crippen LogP contribution in [0, 0.1) is 0 Å². The van der Waals surface area contributed by atoms with Crippen LogP contribution in [0.1, 0.15) is 17.7 Å². The van der Waals surface area contributed by atoms with Crippen molar-refractivity contribution in [1.82, 2.24) is 14.5 Å². The second-order valence-electron chi connectivity index (χ2n) is 8.69. The Hall–Kier alpha value is -4.01. The maximum Gasteiger partial charge on any atom is 0.230 e. The molecule has 0 spiro atoms. The highest BCUT2D eigenvalue weighted by Crippen LogP contribution is 2.32. The second kappa shape index (κ2) is 9.32. The third kappa shape index (κ3) is 4.66. The van der Waals surface area contributed by atoms with Crippen molar-refractivity contribution < 1.29 is 13.9 Å². The fourth-order valence-electron chi connectivity index (χ4n) is 4.42. The Kier molecular flexibility index (Phi) is 5.73. The van der Waals surface area contributed by atoms with Gasteiger partial charge in [0.2, 0.25) is 11.8 Å². The lowest BCUT2D eigenvalue weighted by atomic mass is 10.0. The summed E-state index contributed by atoms with van der Waals surface area (Å²) in [6.07, 6.45) is 5.84. The van der Waals surface area contributed by atoms with Crippen molar-refractivity contribution in [2.24, 2.45) is 4.99 Å². The number of carbonyl (C=O) groups excluding carboxylic acids is 1. The van der Waals surface area contributed by atoms with Gasteiger partial charge in [0.25, 0.3) is 0 Å². The van der Waals surface area contributed by atoms with Crippen molar-refractivity contribution in [2.75, 3.05) is 31.6 Å². The van der Waals surface area contributed by atoms with Gasteiger partial charge in [-0.05, 0) is 48.0 Å². The number of hydrogen-bond donors (Lipinski definition) is 1. The summed E-state index contributed by atoms with van der Waals surface area (Å²) in [5.41, 5.74) is 5.72. The van der Waals surface area contributed by atoms with Crippen LogP contribution in [0.3, 0.4) is 0 Å². The van der Waals surface area contributed by atoms with Crippen LogP contribution in [0.5, 0.6) is 0 Å². The molecule has 1 saturated heterocycles. The number of rotatable bonds is 5. The Labute approximate surface area is 202 Å². The predicted octanol–water partition coefficient (Wildman–Crippen LogP) is 4.43. The van der Waals surface area contributed by atoms with Gasteiger partial charge in [-0.1, -0.05) is 12.1 Å². The number of fused-ring (bicyclic) bond motifs is 1. The van der Waals surface area contributed by atoms with Crippen molar-refractivity contribution in [3.05, 3.63) is 84.5 Å².